The molecule has 0 bridgehead atoms. The Labute approximate surface area is 102 Å². The minimum atomic E-state index is -0.161. The van der Waals surface area contributed by atoms with E-state index >= 15 is 0 Å². The Bertz CT molecular complexity index is 435. The van der Waals surface area contributed by atoms with Gasteiger partial charge in [0.05, 0.1) is 24.6 Å². The van der Waals surface area contributed by atoms with E-state index in [-0.39, 0.29) is 5.92 Å². The normalized spacial score (nSPS) is 11.8. The number of hydrogen-bond acceptors (Lipinski definition) is 4. The Morgan fingerprint density at radius 2 is 2.06 bits per heavy atom. The van der Waals surface area contributed by atoms with Gasteiger partial charge in [0.2, 0.25) is 0 Å². The number of nitrogens with zero attached hydrogens (tertiary/aromatic N) is 5. The van der Waals surface area contributed by atoms with E-state index in [9.17, 15) is 0 Å². The molecule has 1 rings (SSSR count). The first kappa shape index (κ1) is 13.2. The molecule has 0 aliphatic heterocycles. The molecule has 17 heavy (non-hydrogen) atoms. The fourth-order valence-electron chi connectivity index (χ4n) is 1.63. The Hall–Kier alpha value is -1.88. The second-order valence-electron chi connectivity index (χ2n) is 3.86. The van der Waals surface area contributed by atoms with Gasteiger partial charge in [0, 0.05) is 19.3 Å². The lowest BCUT2D eigenvalue weighted by Crippen LogP contribution is -2.13. The summed E-state index contributed by atoms with van der Waals surface area (Å²) in [6, 6.07) is 4.29. The maximum Gasteiger partial charge on any atom is 0.150 e. The van der Waals surface area contributed by atoms with Gasteiger partial charge in [-0.1, -0.05) is 13.8 Å². The van der Waals surface area contributed by atoms with Crippen LogP contribution in [0.5, 0.6) is 0 Å². The predicted molar refractivity (Wildman–Crippen MR) is 62.7 cm³/mol. The van der Waals surface area contributed by atoms with Crippen LogP contribution in [0.15, 0.2) is 0 Å². The van der Waals surface area contributed by atoms with Crippen LogP contribution in [0.4, 0.5) is 0 Å². The average Bonchev–Trinajstić information content (AvgIpc) is 2.76. The van der Waals surface area contributed by atoms with Crippen LogP contribution in [-0.2, 0) is 19.4 Å². The van der Waals surface area contributed by atoms with Crippen molar-refractivity contribution in [3.63, 3.8) is 0 Å². The number of aryl methyl sites for hydroxylation is 2. The first-order valence-corrected chi connectivity index (χ1v) is 5.94. The van der Waals surface area contributed by atoms with Crippen LogP contribution in [0, 0.1) is 28.6 Å². The summed E-state index contributed by atoms with van der Waals surface area (Å²) in [4.78, 5) is 4.39. The SMILES string of the molecule is CCc1nc(CC)n(C[C@H](C#N)CCC#N)n1. The van der Waals surface area contributed by atoms with Gasteiger partial charge in [0.25, 0.3) is 0 Å². The van der Waals surface area contributed by atoms with Crippen molar-refractivity contribution in [1.29, 1.82) is 10.5 Å². The molecule has 1 aromatic rings. The molecule has 0 aliphatic rings. The fraction of sp³-hybridized carbons (Fsp3) is 0.667. The van der Waals surface area contributed by atoms with E-state index in [4.69, 9.17) is 10.5 Å². The zero-order chi connectivity index (χ0) is 12.7. The summed E-state index contributed by atoms with van der Waals surface area (Å²) in [5, 5.41) is 21.9. The van der Waals surface area contributed by atoms with Crippen LogP contribution in [0.25, 0.3) is 0 Å². The largest absolute Gasteiger partial charge is 0.249 e. The van der Waals surface area contributed by atoms with E-state index in [1.165, 1.54) is 0 Å². The standard InChI is InChI=1S/C12H17N5/c1-3-11-15-12(4-2)17(16-11)9-10(8-14)6-5-7-13/h10H,3-6,9H2,1-2H3/t10-/m0/s1. The highest BCUT2D eigenvalue weighted by Crippen LogP contribution is 2.10. The molecule has 0 saturated carbocycles. The maximum absolute atomic E-state index is 9.02. The van der Waals surface area contributed by atoms with Crippen molar-refractivity contribution < 1.29 is 0 Å². The van der Waals surface area contributed by atoms with Crippen molar-refractivity contribution in [2.45, 2.75) is 46.1 Å². The monoisotopic (exact) mass is 231 g/mol. The molecule has 0 radical (unpaired) electrons. The third-order valence-electron chi connectivity index (χ3n) is 2.61. The van der Waals surface area contributed by atoms with Crippen molar-refractivity contribution in [1.82, 2.24) is 14.8 Å². The third-order valence-corrected chi connectivity index (χ3v) is 2.61. The van der Waals surface area contributed by atoms with Gasteiger partial charge in [-0.05, 0) is 6.42 Å². The van der Waals surface area contributed by atoms with E-state index in [1.54, 1.807) is 0 Å². The maximum atomic E-state index is 9.02. The average molecular weight is 231 g/mol. The van der Waals surface area contributed by atoms with Gasteiger partial charge in [-0.3, -0.25) is 0 Å². The molecule has 0 aliphatic carbocycles. The van der Waals surface area contributed by atoms with Crippen molar-refractivity contribution >= 4 is 0 Å². The molecule has 1 aromatic heterocycles. The lowest BCUT2D eigenvalue weighted by Gasteiger charge is -2.08. The summed E-state index contributed by atoms with van der Waals surface area (Å²) in [7, 11) is 0. The summed E-state index contributed by atoms with van der Waals surface area (Å²) in [5.41, 5.74) is 0. The Morgan fingerprint density at radius 1 is 1.29 bits per heavy atom. The predicted octanol–water partition coefficient (Wildman–Crippen LogP) is 1.85. The molecule has 0 unspecified atom stereocenters. The molecule has 1 heterocycles. The number of aromatic nitrogens is 3. The van der Waals surface area contributed by atoms with E-state index in [2.05, 4.69) is 22.2 Å². The Balaban J connectivity index is 2.75. The number of rotatable bonds is 6. The second kappa shape index (κ2) is 6.65. The summed E-state index contributed by atoms with van der Waals surface area (Å²) in [5.74, 6) is 1.57. The molecule has 0 N–H and O–H groups in total. The molecule has 5 heteroatoms. The number of nitriles is 2. The zero-order valence-electron chi connectivity index (χ0n) is 10.3. The quantitative estimate of drug-likeness (QED) is 0.748. The smallest absolute Gasteiger partial charge is 0.150 e. The Morgan fingerprint density at radius 3 is 2.59 bits per heavy atom. The van der Waals surface area contributed by atoms with Crippen molar-refractivity contribution in [2.75, 3.05) is 0 Å². The first-order valence-electron chi connectivity index (χ1n) is 5.94. The number of hydrogen-bond donors (Lipinski definition) is 0. The molecule has 0 aromatic carbocycles. The Kier molecular flexibility index (Phi) is 5.16. The van der Waals surface area contributed by atoms with Crippen molar-refractivity contribution in [3.8, 4) is 12.1 Å². The molecule has 0 fully saturated rings. The van der Waals surface area contributed by atoms with Crippen LogP contribution in [0.1, 0.15) is 38.3 Å². The molecule has 5 nitrogen and oxygen atoms in total. The van der Waals surface area contributed by atoms with E-state index in [1.807, 2.05) is 18.5 Å². The molecule has 0 saturated heterocycles. The topological polar surface area (TPSA) is 78.3 Å². The second-order valence-corrected chi connectivity index (χ2v) is 3.86. The summed E-state index contributed by atoms with van der Waals surface area (Å²) < 4.78 is 1.81. The molecule has 0 amide bonds. The third kappa shape index (κ3) is 3.57. The molecular weight excluding hydrogens is 214 g/mol. The van der Waals surface area contributed by atoms with Gasteiger partial charge in [-0.25, -0.2) is 9.67 Å². The molecule has 90 valence electrons. The summed E-state index contributed by atoms with van der Waals surface area (Å²) >= 11 is 0. The minimum Gasteiger partial charge on any atom is -0.249 e. The van der Waals surface area contributed by atoms with Gasteiger partial charge in [0.1, 0.15) is 5.82 Å². The molecule has 0 spiro atoms. The first-order chi connectivity index (χ1) is 8.24. The van der Waals surface area contributed by atoms with Gasteiger partial charge >= 0.3 is 0 Å². The lowest BCUT2D eigenvalue weighted by molar-refractivity contribution is 0.460. The zero-order valence-corrected chi connectivity index (χ0v) is 10.3. The van der Waals surface area contributed by atoms with Gasteiger partial charge in [-0.2, -0.15) is 15.6 Å². The van der Waals surface area contributed by atoms with E-state index in [0.29, 0.717) is 19.4 Å². The molecule has 1 atom stereocenters. The van der Waals surface area contributed by atoms with Crippen LogP contribution >= 0.6 is 0 Å². The van der Waals surface area contributed by atoms with E-state index in [0.717, 1.165) is 24.5 Å². The van der Waals surface area contributed by atoms with Crippen molar-refractivity contribution in [2.24, 2.45) is 5.92 Å². The van der Waals surface area contributed by atoms with Crippen LogP contribution < -0.4 is 0 Å². The van der Waals surface area contributed by atoms with Gasteiger partial charge in [-0.15, -0.1) is 0 Å². The highest BCUT2D eigenvalue weighted by molar-refractivity contribution is 4.95. The van der Waals surface area contributed by atoms with Crippen LogP contribution in [-0.4, -0.2) is 14.8 Å². The van der Waals surface area contributed by atoms with Crippen LogP contribution in [0.3, 0.4) is 0 Å². The van der Waals surface area contributed by atoms with Crippen LogP contribution in [0.2, 0.25) is 0 Å². The fourth-order valence-corrected chi connectivity index (χ4v) is 1.63. The van der Waals surface area contributed by atoms with Crippen molar-refractivity contribution in [3.05, 3.63) is 11.6 Å². The summed E-state index contributed by atoms with van der Waals surface area (Å²) in [6.45, 7) is 4.57. The van der Waals surface area contributed by atoms with E-state index < -0.39 is 0 Å². The highest BCUT2D eigenvalue weighted by Gasteiger charge is 2.13. The molecular formula is C12H17N5. The summed E-state index contributed by atoms with van der Waals surface area (Å²) in [6.07, 6.45) is 2.62. The van der Waals surface area contributed by atoms with Gasteiger partial charge in [0.15, 0.2) is 5.82 Å². The lowest BCUT2D eigenvalue weighted by atomic mass is 10.1. The minimum absolute atomic E-state index is 0.161. The van der Waals surface area contributed by atoms with Gasteiger partial charge < -0.3 is 0 Å². The highest BCUT2D eigenvalue weighted by atomic mass is 15.3.